The maximum absolute atomic E-state index is 5.97. The van der Waals surface area contributed by atoms with Gasteiger partial charge in [0.1, 0.15) is 0 Å². The molecule has 0 atom stereocenters. The first kappa shape index (κ1) is 12.2. The second-order valence-electron chi connectivity index (χ2n) is 6.06. The van der Waals surface area contributed by atoms with E-state index in [1.165, 1.54) is 12.8 Å². The van der Waals surface area contributed by atoms with Crippen LogP contribution in [-0.4, -0.2) is 18.1 Å². The van der Waals surface area contributed by atoms with E-state index in [4.69, 9.17) is 5.73 Å². The molecule has 17 heavy (non-hydrogen) atoms. The molecular weight excluding hydrogens is 210 g/mol. The normalized spacial score (nSPS) is 18.4. The molecule has 3 nitrogen and oxygen atoms in total. The third-order valence-corrected chi connectivity index (χ3v) is 3.89. The fraction of sp³-hybridized carbons (Fsp3) is 0.643. The van der Waals surface area contributed by atoms with E-state index in [-0.39, 0.29) is 0 Å². The van der Waals surface area contributed by atoms with E-state index in [2.05, 4.69) is 30.7 Å². The van der Waals surface area contributed by atoms with Crippen molar-refractivity contribution in [3.63, 3.8) is 0 Å². The molecule has 0 spiro atoms. The van der Waals surface area contributed by atoms with Crippen molar-refractivity contribution in [1.82, 2.24) is 4.98 Å². The number of anilines is 2. The summed E-state index contributed by atoms with van der Waals surface area (Å²) in [6.07, 6.45) is 6.07. The van der Waals surface area contributed by atoms with Crippen molar-refractivity contribution in [3.05, 3.63) is 18.5 Å². The first-order valence-electron chi connectivity index (χ1n) is 6.43. The molecule has 1 aromatic rings. The minimum Gasteiger partial charge on any atom is -0.396 e. The molecule has 1 aliphatic rings. The average Bonchev–Trinajstić information content (AvgIpc) is 2.29. The van der Waals surface area contributed by atoms with Gasteiger partial charge in [-0.3, -0.25) is 4.98 Å². The largest absolute Gasteiger partial charge is 0.396 e. The van der Waals surface area contributed by atoms with E-state index in [0.717, 1.165) is 30.4 Å². The van der Waals surface area contributed by atoms with Crippen molar-refractivity contribution in [3.8, 4) is 0 Å². The highest BCUT2D eigenvalue weighted by Crippen LogP contribution is 2.36. The minimum absolute atomic E-state index is 0.426. The lowest BCUT2D eigenvalue weighted by molar-refractivity contribution is 0.199. The molecule has 1 aromatic heterocycles. The lowest BCUT2D eigenvalue weighted by Crippen LogP contribution is -2.38. The van der Waals surface area contributed by atoms with Crippen LogP contribution in [-0.2, 0) is 0 Å². The number of nitrogens with two attached hydrogens (primary N) is 1. The Morgan fingerprint density at radius 1 is 1.29 bits per heavy atom. The number of rotatable bonds is 1. The first-order valence-corrected chi connectivity index (χ1v) is 6.43. The molecule has 1 aliphatic heterocycles. The average molecular weight is 233 g/mol. The van der Waals surface area contributed by atoms with Crippen LogP contribution >= 0.6 is 0 Å². The molecule has 2 N–H and O–H groups in total. The van der Waals surface area contributed by atoms with Crippen LogP contribution in [0.4, 0.5) is 11.4 Å². The molecule has 1 fully saturated rings. The Balaban J connectivity index is 2.03. The van der Waals surface area contributed by atoms with Crippen LogP contribution in [0.25, 0.3) is 0 Å². The molecule has 1 saturated heterocycles. The van der Waals surface area contributed by atoms with Crippen LogP contribution in [0.1, 0.15) is 33.6 Å². The second kappa shape index (κ2) is 4.55. The number of hydrogen-bond acceptors (Lipinski definition) is 3. The lowest BCUT2D eigenvalue weighted by atomic mass is 9.75. The number of aromatic nitrogens is 1. The third kappa shape index (κ3) is 2.71. The van der Waals surface area contributed by atoms with E-state index < -0.39 is 0 Å². The van der Waals surface area contributed by atoms with Gasteiger partial charge in [-0.1, -0.05) is 20.8 Å². The molecule has 0 unspecified atom stereocenters. The highest BCUT2D eigenvalue weighted by Gasteiger charge is 2.29. The zero-order valence-corrected chi connectivity index (χ0v) is 11.1. The van der Waals surface area contributed by atoms with Gasteiger partial charge in [-0.05, 0) is 30.2 Å². The number of nitrogen functional groups attached to an aromatic ring is 1. The smallest absolute Gasteiger partial charge is 0.0738 e. The summed E-state index contributed by atoms with van der Waals surface area (Å²) in [5.41, 5.74) is 8.33. The van der Waals surface area contributed by atoms with Crippen molar-refractivity contribution in [2.45, 2.75) is 33.6 Å². The van der Waals surface area contributed by atoms with Crippen molar-refractivity contribution < 1.29 is 0 Å². The third-order valence-electron chi connectivity index (χ3n) is 3.89. The van der Waals surface area contributed by atoms with Gasteiger partial charge in [-0.2, -0.15) is 0 Å². The monoisotopic (exact) mass is 233 g/mol. The molecule has 0 bridgehead atoms. The van der Waals surface area contributed by atoms with Crippen LogP contribution in [0.5, 0.6) is 0 Å². The Morgan fingerprint density at radius 3 is 2.47 bits per heavy atom. The van der Waals surface area contributed by atoms with Gasteiger partial charge in [0.05, 0.1) is 17.6 Å². The maximum atomic E-state index is 5.97. The lowest BCUT2D eigenvalue weighted by Gasteiger charge is -2.40. The summed E-state index contributed by atoms with van der Waals surface area (Å²) in [4.78, 5) is 6.43. The molecule has 0 saturated carbocycles. The van der Waals surface area contributed by atoms with Gasteiger partial charge in [0.15, 0.2) is 0 Å². The fourth-order valence-electron chi connectivity index (χ4n) is 2.67. The first-order chi connectivity index (χ1) is 7.98. The van der Waals surface area contributed by atoms with Crippen LogP contribution in [0, 0.1) is 11.3 Å². The molecule has 0 amide bonds. The number of pyridine rings is 1. The highest BCUT2D eigenvalue weighted by molar-refractivity contribution is 5.66. The summed E-state index contributed by atoms with van der Waals surface area (Å²) in [7, 11) is 0. The predicted molar refractivity (Wildman–Crippen MR) is 73.0 cm³/mol. The summed E-state index contributed by atoms with van der Waals surface area (Å²) in [6.45, 7) is 9.24. The quantitative estimate of drug-likeness (QED) is 0.811. The van der Waals surface area contributed by atoms with Gasteiger partial charge in [0.2, 0.25) is 0 Å². The molecule has 0 radical (unpaired) electrons. The van der Waals surface area contributed by atoms with Crippen molar-refractivity contribution in [1.29, 1.82) is 0 Å². The van der Waals surface area contributed by atoms with Gasteiger partial charge in [0, 0.05) is 19.3 Å². The van der Waals surface area contributed by atoms with Crippen LogP contribution in [0.2, 0.25) is 0 Å². The van der Waals surface area contributed by atoms with Crippen molar-refractivity contribution >= 4 is 11.4 Å². The topological polar surface area (TPSA) is 42.2 Å². The Hall–Kier alpha value is -1.25. The molecular formula is C14H23N3. The van der Waals surface area contributed by atoms with Crippen LogP contribution in [0.15, 0.2) is 18.5 Å². The van der Waals surface area contributed by atoms with E-state index >= 15 is 0 Å². The summed E-state index contributed by atoms with van der Waals surface area (Å²) < 4.78 is 0. The molecule has 3 heteroatoms. The molecule has 2 rings (SSSR count). The molecule has 2 heterocycles. The molecule has 0 aromatic carbocycles. The van der Waals surface area contributed by atoms with Crippen molar-refractivity contribution in [2.24, 2.45) is 11.3 Å². The standard InChI is InChI=1S/C14H23N3/c1-14(2,3)11-5-8-17(9-6-11)13-4-7-16-10-12(13)15/h4,7,10-11H,5-6,8-9,15H2,1-3H3. The van der Waals surface area contributed by atoms with E-state index in [9.17, 15) is 0 Å². The van der Waals surface area contributed by atoms with Crippen LogP contribution in [0.3, 0.4) is 0 Å². The van der Waals surface area contributed by atoms with Gasteiger partial charge in [0.25, 0.3) is 0 Å². The summed E-state index contributed by atoms with van der Waals surface area (Å²) in [6, 6.07) is 2.02. The zero-order valence-electron chi connectivity index (χ0n) is 11.1. The van der Waals surface area contributed by atoms with Gasteiger partial charge in [-0.25, -0.2) is 0 Å². The Labute approximate surface area is 104 Å². The fourth-order valence-corrected chi connectivity index (χ4v) is 2.67. The zero-order chi connectivity index (χ0) is 12.5. The second-order valence-corrected chi connectivity index (χ2v) is 6.06. The van der Waals surface area contributed by atoms with Gasteiger partial charge in [-0.15, -0.1) is 0 Å². The summed E-state index contributed by atoms with van der Waals surface area (Å²) in [5, 5.41) is 0. The van der Waals surface area contributed by atoms with Gasteiger partial charge >= 0.3 is 0 Å². The maximum Gasteiger partial charge on any atom is 0.0738 e. The summed E-state index contributed by atoms with van der Waals surface area (Å²) >= 11 is 0. The Kier molecular flexibility index (Phi) is 3.27. The molecule has 0 aliphatic carbocycles. The molecule has 94 valence electrons. The highest BCUT2D eigenvalue weighted by atomic mass is 15.1. The van der Waals surface area contributed by atoms with E-state index in [1.54, 1.807) is 6.20 Å². The Bertz CT molecular complexity index is 373. The predicted octanol–water partition coefficient (Wildman–Crippen LogP) is 2.93. The SMILES string of the molecule is CC(C)(C)C1CCN(c2ccncc2N)CC1. The van der Waals surface area contributed by atoms with Gasteiger partial charge < -0.3 is 10.6 Å². The number of piperidine rings is 1. The van der Waals surface area contributed by atoms with E-state index in [1.807, 2.05) is 12.3 Å². The van der Waals surface area contributed by atoms with Crippen LogP contribution < -0.4 is 10.6 Å². The summed E-state index contributed by atoms with van der Waals surface area (Å²) in [5.74, 6) is 0.821. The number of hydrogen-bond donors (Lipinski definition) is 1. The number of nitrogens with zero attached hydrogens (tertiary/aromatic N) is 2. The Morgan fingerprint density at radius 2 is 1.94 bits per heavy atom. The minimum atomic E-state index is 0.426. The van der Waals surface area contributed by atoms with Crippen molar-refractivity contribution in [2.75, 3.05) is 23.7 Å². The van der Waals surface area contributed by atoms with E-state index in [0.29, 0.717) is 5.41 Å².